The Morgan fingerprint density at radius 3 is 2.27 bits per heavy atom. The third kappa shape index (κ3) is 12.3. The number of unbranched alkanes of at least 4 members (excludes halogenated alkanes) is 4. The van der Waals surface area contributed by atoms with Crippen molar-refractivity contribution in [3.8, 4) is 11.5 Å². The van der Waals surface area contributed by atoms with Crippen molar-refractivity contribution < 1.29 is 34.1 Å². The summed E-state index contributed by atoms with van der Waals surface area (Å²) < 4.78 is 12.9. The molecule has 0 fully saturated rings. The predicted molar refractivity (Wildman–Crippen MR) is 180 cm³/mol. The van der Waals surface area contributed by atoms with Crippen LogP contribution in [0.25, 0.3) is 5.57 Å². The Balaban J connectivity index is 0.000000777. The molecule has 2 aliphatic rings. The first-order valence-electron chi connectivity index (χ1n) is 17.0. The molecular formula is C37H57NO7. The highest BCUT2D eigenvalue weighted by Crippen LogP contribution is 2.52. The minimum absolute atomic E-state index is 0.130. The van der Waals surface area contributed by atoms with Gasteiger partial charge in [-0.15, -0.1) is 0 Å². The summed E-state index contributed by atoms with van der Waals surface area (Å²) in [4.78, 5) is 34.5. The molecule has 2 unspecified atom stereocenters. The molecule has 8 nitrogen and oxygen atoms in total. The van der Waals surface area contributed by atoms with Crippen molar-refractivity contribution in [2.45, 2.75) is 131 Å². The second-order valence-electron chi connectivity index (χ2n) is 13.0. The molecule has 1 aromatic carbocycles. The van der Waals surface area contributed by atoms with Crippen LogP contribution in [0.4, 0.5) is 0 Å². The number of carbonyl (C=O) groups is 3. The van der Waals surface area contributed by atoms with E-state index in [9.17, 15) is 14.4 Å². The highest BCUT2D eigenvalue weighted by molar-refractivity contribution is 5.89. The van der Waals surface area contributed by atoms with Crippen molar-refractivity contribution >= 4 is 23.5 Å². The Bertz CT molecular complexity index is 1180. The zero-order valence-electron chi connectivity index (χ0n) is 28.7. The number of esters is 1. The minimum atomic E-state index is -1.26. The fourth-order valence-corrected chi connectivity index (χ4v) is 6.25. The number of hydrogen-bond donors (Lipinski definition) is 2. The van der Waals surface area contributed by atoms with E-state index in [2.05, 4.69) is 65.5 Å². The van der Waals surface area contributed by atoms with Gasteiger partial charge in [-0.25, -0.2) is 9.59 Å². The second-order valence-corrected chi connectivity index (χ2v) is 13.0. The van der Waals surface area contributed by atoms with Gasteiger partial charge in [-0.05, 0) is 106 Å². The Morgan fingerprint density at radius 1 is 1.02 bits per heavy atom. The van der Waals surface area contributed by atoms with Gasteiger partial charge in [0.2, 0.25) is 0 Å². The largest absolute Gasteiger partial charge is 0.483 e. The van der Waals surface area contributed by atoms with Gasteiger partial charge in [0.15, 0.2) is 0 Å². The molecule has 3 rings (SSSR count). The van der Waals surface area contributed by atoms with E-state index in [1.165, 1.54) is 55.2 Å². The van der Waals surface area contributed by atoms with E-state index < -0.39 is 11.9 Å². The first-order chi connectivity index (χ1) is 21.3. The molecule has 1 heterocycles. The summed E-state index contributed by atoms with van der Waals surface area (Å²) >= 11 is 0. The third-order valence-corrected chi connectivity index (χ3v) is 8.94. The van der Waals surface area contributed by atoms with Crippen molar-refractivity contribution in [1.82, 2.24) is 4.90 Å². The number of allylic oxidation sites excluding steroid dienone is 1. The topological polar surface area (TPSA) is 113 Å². The van der Waals surface area contributed by atoms with Crippen LogP contribution in [-0.2, 0) is 14.4 Å². The maximum Gasteiger partial charge on any atom is 0.328 e. The lowest BCUT2D eigenvalue weighted by Crippen LogP contribution is -2.37. The number of rotatable bonds is 16. The molecule has 0 saturated heterocycles. The van der Waals surface area contributed by atoms with Gasteiger partial charge in [0.1, 0.15) is 17.1 Å². The van der Waals surface area contributed by atoms with Crippen LogP contribution in [0.2, 0.25) is 0 Å². The third-order valence-electron chi connectivity index (χ3n) is 8.94. The van der Waals surface area contributed by atoms with E-state index in [1.807, 2.05) is 0 Å². The average Bonchev–Trinajstić information content (AvgIpc) is 2.97. The van der Waals surface area contributed by atoms with Gasteiger partial charge in [0, 0.05) is 18.6 Å². The number of carbonyl (C=O) groups excluding carboxylic acids is 1. The number of benzene rings is 1. The Morgan fingerprint density at radius 2 is 1.67 bits per heavy atom. The highest BCUT2D eigenvalue weighted by Gasteiger charge is 2.39. The maximum absolute atomic E-state index is 13.1. The molecule has 1 aliphatic heterocycles. The van der Waals surface area contributed by atoms with E-state index in [-0.39, 0.29) is 11.6 Å². The quantitative estimate of drug-likeness (QED) is 0.0810. The van der Waals surface area contributed by atoms with Crippen molar-refractivity contribution in [3.05, 3.63) is 41.0 Å². The minimum Gasteiger partial charge on any atom is -0.483 e. The summed E-state index contributed by atoms with van der Waals surface area (Å²) in [6, 6.07) is 4.40. The van der Waals surface area contributed by atoms with Crippen molar-refractivity contribution in [2.75, 3.05) is 19.6 Å². The molecule has 45 heavy (non-hydrogen) atoms. The summed E-state index contributed by atoms with van der Waals surface area (Å²) in [7, 11) is 0. The van der Waals surface area contributed by atoms with Crippen molar-refractivity contribution in [2.24, 2.45) is 5.92 Å². The number of hydrogen-bond acceptors (Lipinski definition) is 6. The molecular weight excluding hydrogens is 570 g/mol. The van der Waals surface area contributed by atoms with Crippen LogP contribution in [0.1, 0.15) is 136 Å². The van der Waals surface area contributed by atoms with Gasteiger partial charge in [-0.1, -0.05) is 66.7 Å². The fourth-order valence-electron chi connectivity index (χ4n) is 6.25. The molecule has 1 aromatic rings. The monoisotopic (exact) mass is 627 g/mol. The Hall–Kier alpha value is -3.13. The van der Waals surface area contributed by atoms with E-state index >= 15 is 0 Å². The predicted octanol–water partition coefficient (Wildman–Crippen LogP) is 8.63. The zero-order chi connectivity index (χ0) is 33.6. The Kier molecular flexibility index (Phi) is 15.9. The van der Waals surface area contributed by atoms with Crippen LogP contribution < -0.4 is 9.47 Å². The van der Waals surface area contributed by atoms with E-state index in [0.29, 0.717) is 30.4 Å². The molecule has 0 spiro atoms. The molecule has 0 radical (unpaired) electrons. The normalized spacial score (nSPS) is 17.6. The highest BCUT2D eigenvalue weighted by atomic mass is 16.5. The molecule has 2 N–H and O–H groups in total. The summed E-state index contributed by atoms with van der Waals surface area (Å²) in [5.41, 5.74) is 4.68. The van der Waals surface area contributed by atoms with Gasteiger partial charge in [-0.3, -0.25) is 4.79 Å². The SMILES string of the molecule is CCCCCCCC(C)c1cc(OC(=O)CCCN(CC)CC)c2c(c1)OC(C)(C)C1=C2CC(C)CC1.O=C(O)/C=C/C(=O)O. The van der Waals surface area contributed by atoms with Crippen molar-refractivity contribution in [3.63, 3.8) is 0 Å². The van der Waals surface area contributed by atoms with Gasteiger partial charge in [-0.2, -0.15) is 0 Å². The number of fused-ring (bicyclic) bond motifs is 2. The molecule has 1 aliphatic carbocycles. The lowest BCUT2D eigenvalue weighted by atomic mass is 9.74. The summed E-state index contributed by atoms with van der Waals surface area (Å²) in [6.07, 6.45) is 13.2. The van der Waals surface area contributed by atoms with Crippen LogP contribution in [0.3, 0.4) is 0 Å². The van der Waals surface area contributed by atoms with Gasteiger partial charge in [0.25, 0.3) is 0 Å². The smallest absolute Gasteiger partial charge is 0.328 e. The number of ether oxygens (including phenoxy) is 2. The van der Waals surface area contributed by atoms with E-state index in [0.717, 1.165) is 62.4 Å². The van der Waals surface area contributed by atoms with Crippen LogP contribution >= 0.6 is 0 Å². The number of nitrogens with zero attached hydrogens (tertiary/aromatic N) is 1. The first kappa shape index (κ1) is 38.1. The molecule has 0 saturated carbocycles. The zero-order valence-corrected chi connectivity index (χ0v) is 28.7. The summed E-state index contributed by atoms with van der Waals surface area (Å²) in [6.45, 7) is 18.6. The second kappa shape index (κ2) is 18.7. The van der Waals surface area contributed by atoms with Gasteiger partial charge < -0.3 is 24.6 Å². The molecule has 0 aromatic heterocycles. The maximum atomic E-state index is 13.1. The van der Waals surface area contributed by atoms with Crippen LogP contribution in [0, 0.1) is 5.92 Å². The van der Waals surface area contributed by atoms with E-state index in [4.69, 9.17) is 19.7 Å². The van der Waals surface area contributed by atoms with Crippen LogP contribution in [0.5, 0.6) is 11.5 Å². The van der Waals surface area contributed by atoms with Gasteiger partial charge >= 0.3 is 17.9 Å². The van der Waals surface area contributed by atoms with Gasteiger partial charge in [0.05, 0.1) is 5.56 Å². The molecule has 2 atom stereocenters. The Labute approximate surface area is 270 Å². The number of carboxylic acid groups (broad SMARTS) is 2. The lowest BCUT2D eigenvalue weighted by Gasteiger charge is -2.41. The van der Waals surface area contributed by atoms with Crippen molar-refractivity contribution in [1.29, 1.82) is 0 Å². The van der Waals surface area contributed by atoms with Crippen LogP contribution in [0.15, 0.2) is 29.9 Å². The summed E-state index contributed by atoms with van der Waals surface area (Å²) in [5.74, 6) is 0.00280. The lowest BCUT2D eigenvalue weighted by molar-refractivity contribution is -0.134. The number of carboxylic acids is 2. The average molecular weight is 628 g/mol. The van der Waals surface area contributed by atoms with Crippen LogP contribution in [-0.4, -0.2) is 58.3 Å². The fraction of sp³-hybridized carbons (Fsp3) is 0.649. The standard InChI is InChI=1S/C33H53NO3.C4H4O4/c1-8-11-12-13-14-16-25(5)26-22-29(36-31(35)17-15-20-34(9-2)10-3)32-27-21-24(4)18-19-28(27)33(6,7)37-30(32)23-26;5-3(6)1-2-4(7)8/h22-25H,8-21H2,1-7H3;1-2H,(H,5,6)(H,7,8)/b;2-1+. The molecule has 8 heteroatoms. The van der Waals surface area contributed by atoms with E-state index in [1.54, 1.807) is 0 Å². The molecule has 0 amide bonds. The summed E-state index contributed by atoms with van der Waals surface area (Å²) in [5, 5.41) is 15.6. The number of aliphatic carboxylic acids is 2. The molecule has 0 bridgehead atoms. The first-order valence-corrected chi connectivity index (χ1v) is 17.0. The molecule has 252 valence electrons.